The molecule has 1 N–H and O–H groups in total. The minimum absolute atomic E-state index is 0.231. The molecule has 0 radical (unpaired) electrons. The van der Waals surface area contributed by atoms with Crippen LogP contribution in [0.4, 0.5) is 9.52 Å². The zero-order valence-corrected chi connectivity index (χ0v) is 15.3. The number of nitrogens with zero attached hydrogens (tertiary/aromatic N) is 2. The van der Waals surface area contributed by atoms with Gasteiger partial charge in [0.15, 0.2) is 5.13 Å². The summed E-state index contributed by atoms with van der Waals surface area (Å²) >= 11 is 1.01. The maximum absolute atomic E-state index is 13.0. The van der Waals surface area contributed by atoms with Crippen LogP contribution in [0.3, 0.4) is 0 Å². The average Bonchev–Trinajstić information content (AvgIpc) is 2.88. The molecule has 130 valence electrons. The number of carbonyl (C=O) groups is 1. The van der Waals surface area contributed by atoms with Gasteiger partial charge in [0, 0.05) is 7.05 Å². The highest BCUT2D eigenvalue weighted by atomic mass is 32.2. The van der Waals surface area contributed by atoms with Gasteiger partial charge in [-0.1, -0.05) is 23.5 Å². The van der Waals surface area contributed by atoms with Gasteiger partial charge in [0.1, 0.15) is 10.7 Å². The van der Waals surface area contributed by atoms with Gasteiger partial charge >= 0.3 is 0 Å². The van der Waals surface area contributed by atoms with E-state index in [1.165, 1.54) is 19.2 Å². The number of sulfonamides is 1. The second-order valence-electron chi connectivity index (χ2n) is 5.39. The molecule has 0 aliphatic heterocycles. The van der Waals surface area contributed by atoms with Crippen molar-refractivity contribution >= 4 is 32.4 Å². The van der Waals surface area contributed by atoms with E-state index in [2.05, 4.69) is 10.3 Å². The predicted molar refractivity (Wildman–Crippen MR) is 92.4 cm³/mol. The number of thiazole rings is 1. The van der Waals surface area contributed by atoms with E-state index in [1.54, 1.807) is 26.0 Å². The third-order valence-electron chi connectivity index (χ3n) is 3.48. The molecular weight excluding hydrogens is 353 g/mol. The lowest BCUT2D eigenvalue weighted by Crippen LogP contribution is -2.26. The minimum atomic E-state index is -3.44. The van der Waals surface area contributed by atoms with Crippen LogP contribution in [0.5, 0.6) is 0 Å². The summed E-state index contributed by atoms with van der Waals surface area (Å²) in [5.41, 5.74) is 1.22. The van der Waals surface area contributed by atoms with Gasteiger partial charge in [-0.15, -0.1) is 0 Å². The largest absolute Gasteiger partial charge is 0.345 e. The number of anilines is 1. The number of benzene rings is 1. The topological polar surface area (TPSA) is 79.4 Å². The molecule has 0 bridgehead atoms. The molecule has 0 spiro atoms. The maximum Gasteiger partial charge on any atom is 0.263 e. The van der Waals surface area contributed by atoms with Gasteiger partial charge in [-0.05, 0) is 31.5 Å². The third kappa shape index (κ3) is 4.09. The van der Waals surface area contributed by atoms with Gasteiger partial charge in [0.2, 0.25) is 10.0 Å². The van der Waals surface area contributed by atoms with Gasteiger partial charge in [-0.3, -0.25) is 4.79 Å². The molecule has 0 aliphatic rings. The number of hydrogen-bond donors (Lipinski definition) is 1. The lowest BCUT2D eigenvalue weighted by Gasteiger charge is -2.14. The molecule has 2 aromatic rings. The van der Waals surface area contributed by atoms with Crippen LogP contribution in [-0.4, -0.2) is 32.6 Å². The number of aryl methyl sites for hydroxylation is 1. The molecule has 0 unspecified atom stereocenters. The Bertz CT molecular complexity index is 847. The van der Waals surface area contributed by atoms with Gasteiger partial charge in [0.05, 0.1) is 18.0 Å². The quantitative estimate of drug-likeness (QED) is 0.876. The van der Waals surface area contributed by atoms with Crippen molar-refractivity contribution in [3.63, 3.8) is 0 Å². The Balaban J connectivity index is 2.18. The van der Waals surface area contributed by atoms with Gasteiger partial charge in [0.25, 0.3) is 5.91 Å². The zero-order chi connectivity index (χ0) is 18.1. The molecule has 1 amide bonds. The van der Waals surface area contributed by atoms with Crippen molar-refractivity contribution in [1.29, 1.82) is 0 Å². The molecule has 1 heterocycles. The highest BCUT2D eigenvalue weighted by Gasteiger charge is 2.22. The van der Waals surface area contributed by atoms with Crippen LogP contribution in [0.2, 0.25) is 0 Å². The molecule has 6 nitrogen and oxygen atoms in total. The molecule has 9 heteroatoms. The molecule has 0 aliphatic carbocycles. The molecule has 0 fully saturated rings. The first kappa shape index (κ1) is 18.3. The van der Waals surface area contributed by atoms with Crippen LogP contribution < -0.4 is 9.62 Å². The highest BCUT2D eigenvalue weighted by molar-refractivity contribution is 7.92. The molecular formula is C15H18FN3O3S2. The fourth-order valence-electron chi connectivity index (χ4n) is 1.97. The first-order chi connectivity index (χ1) is 11.1. The van der Waals surface area contributed by atoms with Gasteiger partial charge in [-0.25, -0.2) is 22.1 Å². The molecule has 1 aromatic heterocycles. The predicted octanol–water partition coefficient (Wildman–Crippen LogP) is 2.48. The number of aromatic nitrogens is 1. The number of hydrogen-bond acceptors (Lipinski definition) is 5. The summed E-state index contributed by atoms with van der Waals surface area (Å²) in [5, 5.41) is 3.04. The van der Waals surface area contributed by atoms with Crippen LogP contribution in [0.25, 0.3) is 0 Å². The molecule has 0 saturated heterocycles. The summed E-state index contributed by atoms with van der Waals surface area (Å²) < 4.78 is 37.1. The number of rotatable bonds is 5. The van der Waals surface area contributed by atoms with Crippen molar-refractivity contribution in [3.05, 3.63) is 46.2 Å². The van der Waals surface area contributed by atoms with E-state index in [-0.39, 0.29) is 22.9 Å². The van der Waals surface area contributed by atoms with Crippen LogP contribution in [0.1, 0.15) is 33.9 Å². The second-order valence-corrected chi connectivity index (χ2v) is 8.38. The number of halogens is 1. The zero-order valence-electron chi connectivity index (χ0n) is 13.7. The summed E-state index contributed by atoms with van der Waals surface area (Å²) in [6.07, 6.45) is 1.07. The lowest BCUT2D eigenvalue weighted by atomic mass is 10.1. The maximum atomic E-state index is 13.0. The number of nitrogens with one attached hydrogen (secondary N) is 1. The van der Waals surface area contributed by atoms with E-state index in [0.29, 0.717) is 10.6 Å². The molecule has 0 saturated carbocycles. The Hall–Kier alpha value is -2.00. The molecule has 2 rings (SSSR count). The van der Waals surface area contributed by atoms with Crippen molar-refractivity contribution < 1.29 is 17.6 Å². The number of carbonyl (C=O) groups excluding carboxylic acids is 1. The van der Waals surface area contributed by atoms with E-state index in [9.17, 15) is 17.6 Å². The van der Waals surface area contributed by atoms with Crippen LogP contribution in [-0.2, 0) is 10.0 Å². The smallest absolute Gasteiger partial charge is 0.263 e. The third-order valence-corrected chi connectivity index (χ3v) is 5.99. The Kier molecular flexibility index (Phi) is 5.24. The minimum Gasteiger partial charge on any atom is -0.345 e. The van der Waals surface area contributed by atoms with Crippen molar-refractivity contribution in [2.24, 2.45) is 0 Å². The van der Waals surface area contributed by atoms with Gasteiger partial charge < -0.3 is 5.32 Å². The SMILES string of the molecule is Cc1nc(N(C)S(C)(=O)=O)sc1C(=O)N[C@H](C)c1ccc(F)cc1. The highest BCUT2D eigenvalue weighted by Crippen LogP contribution is 2.27. The second kappa shape index (κ2) is 6.86. The first-order valence-corrected chi connectivity index (χ1v) is 9.73. The monoisotopic (exact) mass is 371 g/mol. The van der Waals surface area contributed by atoms with E-state index in [0.717, 1.165) is 27.5 Å². The van der Waals surface area contributed by atoms with E-state index in [1.807, 2.05) is 0 Å². The molecule has 1 atom stereocenters. The summed E-state index contributed by atoms with van der Waals surface area (Å²) in [6, 6.07) is 5.53. The normalized spacial score (nSPS) is 12.7. The standard InChI is InChI=1S/C15H18FN3O3S2/c1-9(11-5-7-12(16)8-6-11)17-14(20)13-10(2)18-15(23-13)19(3)24(4,21)22/h5-9H,1-4H3,(H,17,20)/t9-/m1/s1. The summed E-state index contributed by atoms with van der Waals surface area (Å²) in [4.78, 5) is 16.9. The molecule has 1 aromatic carbocycles. The van der Waals surface area contributed by atoms with E-state index in [4.69, 9.17) is 0 Å². The van der Waals surface area contributed by atoms with Crippen LogP contribution >= 0.6 is 11.3 Å². The summed E-state index contributed by atoms with van der Waals surface area (Å²) in [7, 11) is -2.06. The lowest BCUT2D eigenvalue weighted by molar-refractivity contribution is 0.0943. The van der Waals surface area contributed by atoms with Gasteiger partial charge in [-0.2, -0.15) is 0 Å². The Morgan fingerprint density at radius 2 is 1.92 bits per heavy atom. The summed E-state index contributed by atoms with van der Waals surface area (Å²) in [5.74, 6) is -0.695. The van der Waals surface area contributed by atoms with Crippen LogP contribution in [0.15, 0.2) is 24.3 Å². The average molecular weight is 371 g/mol. The summed E-state index contributed by atoms with van der Waals surface area (Å²) in [6.45, 7) is 3.43. The van der Waals surface area contributed by atoms with Crippen molar-refractivity contribution in [3.8, 4) is 0 Å². The van der Waals surface area contributed by atoms with Crippen molar-refractivity contribution in [1.82, 2.24) is 10.3 Å². The van der Waals surface area contributed by atoms with E-state index < -0.39 is 10.0 Å². The number of amides is 1. The Morgan fingerprint density at radius 1 is 1.33 bits per heavy atom. The van der Waals surface area contributed by atoms with E-state index >= 15 is 0 Å². The van der Waals surface area contributed by atoms with Crippen molar-refractivity contribution in [2.75, 3.05) is 17.6 Å². The van der Waals surface area contributed by atoms with Crippen LogP contribution in [0, 0.1) is 12.7 Å². The Morgan fingerprint density at radius 3 is 2.46 bits per heavy atom. The Labute approximate surface area is 144 Å². The van der Waals surface area contributed by atoms with Crippen molar-refractivity contribution in [2.45, 2.75) is 19.9 Å². The molecule has 24 heavy (non-hydrogen) atoms. The fourth-order valence-corrected chi connectivity index (χ4v) is 3.65. The first-order valence-electron chi connectivity index (χ1n) is 7.07. The fraction of sp³-hybridized carbons (Fsp3) is 0.333.